The van der Waals surface area contributed by atoms with Crippen molar-refractivity contribution in [3.8, 4) is 0 Å². The number of nitrogens with one attached hydrogen (secondary N) is 2. The van der Waals surface area contributed by atoms with Gasteiger partial charge in [0.15, 0.2) is 0 Å². The van der Waals surface area contributed by atoms with Gasteiger partial charge in [-0.1, -0.05) is 36.4 Å². The Balaban J connectivity index is 1.34. The van der Waals surface area contributed by atoms with Gasteiger partial charge in [-0.3, -0.25) is 4.79 Å². The molecule has 2 heterocycles. The van der Waals surface area contributed by atoms with Crippen molar-refractivity contribution < 1.29 is 4.79 Å². The highest BCUT2D eigenvalue weighted by molar-refractivity contribution is 5.97. The third-order valence-electron chi connectivity index (χ3n) is 5.00. The fourth-order valence-corrected chi connectivity index (χ4v) is 3.79. The quantitative estimate of drug-likeness (QED) is 0.704. The number of aromatic nitrogens is 1. The third kappa shape index (κ3) is 3.05. The van der Waals surface area contributed by atoms with Gasteiger partial charge in [-0.2, -0.15) is 0 Å². The summed E-state index contributed by atoms with van der Waals surface area (Å²) in [5, 5.41) is 4.57. The third-order valence-corrected chi connectivity index (χ3v) is 5.00. The van der Waals surface area contributed by atoms with Crippen molar-refractivity contribution in [3.05, 3.63) is 65.9 Å². The molecule has 0 fully saturated rings. The number of anilines is 1. The minimum absolute atomic E-state index is 0.149. The predicted molar refractivity (Wildman–Crippen MR) is 102 cm³/mol. The first-order chi connectivity index (χ1) is 12.2. The molecule has 1 atom stereocenters. The van der Waals surface area contributed by atoms with Gasteiger partial charge in [0.1, 0.15) is 0 Å². The Bertz CT molecular complexity index is 899. The first-order valence-electron chi connectivity index (χ1n) is 8.89. The monoisotopic (exact) mass is 333 g/mol. The lowest BCUT2D eigenvalue weighted by molar-refractivity contribution is -0.118. The molecule has 0 bridgehead atoms. The molecule has 0 spiro atoms. The number of benzene rings is 2. The molecule has 0 aliphatic carbocycles. The van der Waals surface area contributed by atoms with E-state index in [1.807, 2.05) is 29.2 Å². The van der Waals surface area contributed by atoms with Gasteiger partial charge >= 0.3 is 0 Å². The minimum Gasteiger partial charge on any atom is -0.361 e. The van der Waals surface area contributed by atoms with Gasteiger partial charge in [-0.05, 0) is 49.6 Å². The molecule has 128 valence electrons. The zero-order valence-corrected chi connectivity index (χ0v) is 14.5. The summed E-state index contributed by atoms with van der Waals surface area (Å²) in [6.07, 6.45) is 3.91. The molecule has 0 saturated heterocycles. The van der Waals surface area contributed by atoms with E-state index in [4.69, 9.17) is 0 Å². The van der Waals surface area contributed by atoms with Crippen molar-refractivity contribution in [1.82, 2.24) is 10.3 Å². The number of fused-ring (bicyclic) bond motifs is 2. The predicted octanol–water partition coefficient (Wildman–Crippen LogP) is 3.28. The Labute approximate surface area is 147 Å². The van der Waals surface area contributed by atoms with Gasteiger partial charge in [-0.25, -0.2) is 0 Å². The molecule has 0 saturated carbocycles. The normalized spacial score (nSPS) is 16.4. The average molecular weight is 333 g/mol. The second kappa shape index (κ2) is 6.73. The van der Waals surface area contributed by atoms with Gasteiger partial charge < -0.3 is 15.2 Å². The number of aromatic amines is 1. The van der Waals surface area contributed by atoms with Crippen molar-refractivity contribution in [2.24, 2.45) is 0 Å². The number of rotatable bonds is 5. The molecule has 1 unspecified atom stereocenters. The van der Waals surface area contributed by atoms with Crippen molar-refractivity contribution in [1.29, 1.82) is 0 Å². The van der Waals surface area contributed by atoms with Crippen LogP contribution in [0.4, 0.5) is 5.69 Å². The maximum Gasteiger partial charge on any atom is 0.241 e. The molecule has 4 nitrogen and oxygen atoms in total. The number of carbonyl (C=O) groups excluding carboxylic acids is 1. The first-order valence-corrected chi connectivity index (χ1v) is 8.89. The van der Waals surface area contributed by atoms with Gasteiger partial charge in [0.2, 0.25) is 5.91 Å². The summed E-state index contributed by atoms with van der Waals surface area (Å²) < 4.78 is 0. The topological polar surface area (TPSA) is 48.1 Å². The van der Waals surface area contributed by atoms with Crippen LogP contribution in [0.1, 0.15) is 18.1 Å². The van der Waals surface area contributed by atoms with Crippen LogP contribution in [0.3, 0.4) is 0 Å². The average Bonchev–Trinajstić information content (AvgIpc) is 3.18. The Morgan fingerprint density at radius 3 is 2.92 bits per heavy atom. The van der Waals surface area contributed by atoms with Crippen LogP contribution in [0, 0.1) is 0 Å². The molecule has 3 aromatic rings. The molecule has 4 heteroatoms. The zero-order chi connectivity index (χ0) is 17.2. The van der Waals surface area contributed by atoms with E-state index in [-0.39, 0.29) is 11.9 Å². The number of hydrogen-bond acceptors (Lipinski definition) is 2. The highest BCUT2D eigenvalue weighted by Gasteiger charge is 2.29. The zero-order valence-electron chi connectivity index (χ0n) is 14.5. The molecule has 1 amide bonds. The summed E-state index contributed by atoms with van der Waals surface area (Å²) in [5.74, 6) is 0.149. The molecular weight excluding hydrogens is 310 g/mol. The Hall–Kier alpha value is -2.59. The van der Waals surface area contributed by atoms with E-state index in [0.29, 0.717) is 6.54 Å². The van der Waals surface area contributed by atoms with Crippen molar-refractivity contribution in [2.45, 2.75) is 25.8 Å². The highest BCUT2D eigenvalue weighted by Crippen LogP contribution is 2.31. The summed E-state index contributed by atoms with van der Waals surface area (Å²) in [7, 11) is 0. The van der Waals surface area contributed by atoms with Gasteiger partial charge in [0.05, 0.1) is 6.54 Å². The Morgan fingerprint density at radius 2 is 2.00 bits per heavy atom. The number of hydrogen-bond donors (Lipinski definition) is 2. The molecule has 2 aromatic carbocycles. The molecule has 1 aliphatic rings. The van der Waals surface area contributed by atoms with Crippen molar-refractivity contribution in [2.75, 3.05) is 18.0 Å². The van der Waals surface area contributed by atoms with E-state index in [0.717, 1.165) is 30.6 Å². The lowest BCUT2D eigenvalue weighted by Gasteiger charge is -2.23. The van der Waals surface area contributed by atoms with Crippen LogP contribution in [-0.4, -0.2) is 30.0 Å². The van der Waals surface area contributed by atoms with E-state index in [1.54, 1.807) is 0 Å². The Kier molecular flexibility index (Phi) is 4.28. The standard InChI is InChI=1S/C21H23N3O/c1-15-12-16-6-2-5-9-20(16)24(15)21(25)14-22-11-10-17-13-23-19-8-4-3-7-18(17)19/h2-9,13,15,22-23H,10-12,14H2,1H3. The number of nitrogens with zero attached hydrogens (tertiary/aromatic N) is 1. The largest absolute Gasteiger partial charge is 0.361 e. The van der Waals surface area contributed by atoms with Crippen LogP contribution in [0.25, 0.3) is 10.9 Å². The Morgan fingerprint density at radius 1 is 1.20 bits per heavy atom. The molecule has 2 N–H and O–H groups in total. The van der Waals surface area contributed by atoms with Crippen molar-refractivity contribution in [3.63, 3.8) is 0 Å². The molecule has 1 aliphatic heterocycles. The van der Waals surface area contributed by atoms with E-state index in [1.165, 1.54) is 16.5 Å². The molecule has 1 aromatic heterocycles. The lowest BCUT2D eigenvalue weighted by atomic mass is 10.1. The van der Waals surface area contributed by atoms with Crippen LogP contribution in [0.2, 0.25) is 0 Å². The summed E-state index contributed by atoms with van der Waals surface area (Å²) in [4.78, 5) is 17.9. The number of H-pyrrole nitrogens is 1. The number of carbonyl (C=O) groups is 1. The fraction of sp³-hybridized carbons (Fsp3) is 0.286. The fourth-order valence-electron chi connectivity index (χ4n) is 3.79. The van der Waals surface area contributed by atoms with Gasteiger partial charge in [-0.15, -0.1) is 0 Å². The van der Waals surface area contributed by atoms with E-state index >= 15 is 0 Å². The second-order valence-corrected chi connectivity index (χ2v) is 6.73. The SMILES string of the molecule is CC1Cc2ccccc2N1C(=O)CNCCc1c[nH]c2ccccc12. The number of amides is 1. The van der Waals surface area contributed by atoms with Crippen molar-refractivity contribution >= 4 is 22.5 Å². The molecule has 4 rings (SSSR count). The smallest absolute Gasteiger partial charge is 0.241 e. The summed E-state index contributed by atoms with van der Waals surface area (Å²) in [6, 6.07) is 16.8. The van der Waals surface area contributed by atoms with E-state index in [2.05, 4.69) is 47.7 Å². The first kappa shape index (κ1) is 15.9. The second-order valence-electron chi connectivity index (χ2n) is 6.73. The van der Waals surface area contributed by atoms with Crippen LogP contribution >= 0.6 is 0 Å². The van der Waals surface area contributed by atoms with Crippen LogP contribution in [0.5, 0.6) is 0 Å². The van der Waals surface area contributed by atoms with E-state index in [9.17, 15) is 4.79 Å². The lowest BCUT2D eigenvalue weighted by Crippen LogP contribution is -2.41. The van der Waals surface area contributed by atoms with Crippen LogP contribution in [-0.2, 0) is 17.6 Å². The maximum atomic E-state index is 12.6. The van der Waals surface area contributed by atoms with Gasteiger partial charge in [0.25, 0.3) is 0 Å². The molecular formula is C21H23N3O. The van der Waals surface area contributed by atoms with E-state index < -0.39 is 0 Å². The molecule has 0 radical (unpaired) electrons. The van der Waals surface area contributed by atoms with Crippen LogP contribution in [0.15, 0.2) is 54.7 Å². The highest BCUT2D eigenvalue weighted by atomic mass is 16.2. The van der Waals surface area contributed by atoms with Crippen LogP contribution < -0.4 is 10.2 Å². The summed E-state index contributed by atoms with van der Waals surface area (Å²) in [5.41, 5.74) is 4.78. The maximum absolute atomic E-state index is 12.6. The number of para-hydroxylation sites is 2. The molecule has 25 heavy (non-hydrogen) atoms. The summed E-state index contributed by atoms with van der Waals surface area (Å²) >= 11 is 0. The minimum atomic E-state index is 0.149. The summed E-state index contributed by atoms with van der Waals surface area (Å²) in [6.45, 7) is 3.28. The van der Waals surface area contributed by atoms with Gasteiger partial charge in [0, 0.05) is 28.8 Å².